The van der Waals surface area contributed by atoms with Gasteiger partial charge in [-0.1, -0.05) is 37.0 Å². The van der Waals surface area contributed by atoms with E-state index in [1.807, 2.05) is 12.1 Å². The van der Waals surface area contributed by atoms with Gasteiger partial charge in [-0.3, -0.25) is 0 Å². The first-order valence-corrected chi connectivity index (χ1v) is 5.70. The number of aromatic nitrogens is 1. The van der Waals surface area contributed by atoms with Gasteiger partial charge in [-0.25, -0.2) is 4.98 Å². The van der Waals surface area contributed by atoms with Crippen molar-refractivity contribution in [3.05, 3.63) is 28.0 Å². The minimum Gasteiger partial charge on any atom is -0.330 e. The van der Waals surface area contributed by atoms with Crippen molar-refractivity contribution in [3.8, 4) is 0 Å². The van der Waals surface area contributed by atoms with Crippen molar-refractivity contribution in [3.63, 3.8) is 0 Å². The van der Waals surface area contributed by atoms with Crippen molar-refractivity contribution < 1.29 is 0 Å². The van der Waals surface area contributed by atoms with Crippen LogP contribution in [0, 0.1) is 5.41 Å². The van der Waals surface area contributed by atoms with Gasteiger partial charge in [-0.2, -0.15) is 0 Å². The molecule has 2 rings (SSSR count). The molecular weight excluding hydrogens is 231 g/mol. The van der Waals surface area contributed by atoms with E-state index in [0.717, 1.165) is 12.0 Å². The lowest BCUT2D eigenvalue weighted by Crippen LogP contribution is -2.25. The molecule has 0 amide bonds. The molecule has 1 unspecified atom stereocenters. The highest BCUT2D eigenvalue weighted by Gasteiger charge is 2.61. The summed E-state index contributed by atoms with van der Waals surface area (Å²) in [6, 6.07) is 3.74. The van der Waals surface area contributed by atoms with Crippen molar-refractivity contribution in [1.29, 1.82) is 0 Å². The van der Waals surface area contributed by atoms with E-state index >= 15 is 0 Å². The van der Waals surface area contributed by atoms with E-state index in [9.17, 15) is 0 Å². The molecule has 82 valence electrons. The Morgan fingerprint density at radius 2 is 1.80 bits per heavy atom. The van der Waals surface area contributed by atoms with Gasteiger partial charge >= 0.3 is 0 Å². The molecule has 1 aliphatic carbocycles. The molecule has 1 saturated carbocycles. The summed E-state index contributed by atoms with van der Waals surface area (Å²) >= 11 is 11.8. The third-order valence-corrected chi connectivity index (χ3v) is 3.97. The maximum Gasteiger partial charge on any atom is 0.131 e. The van der Waals surface area contributed by atoms with Crippen LogP contribution in [0.25, 0.3) is 0 Å². The topological polar surface area (TPSA) is 38.9 Å². The Morgan fingerprint density at radius 3 is 2.13 bits per heavy atom. The van der Waals surface area contributed by atoms with E-state index in [2.05, 4.69) is 18.8 Å². The number of hydrogen-bond donors (Lipinski definition) is 1. The number of nitrogens with two attached hydrogens (primary N) is 1. The Bertz CT molecular complexity index is 383. The summed E-state index contributed by atoms with van der Waals surface area (Å²) in [7, 11) is 0. The molecule has 0 aliphatic heterocycles. The second-order valence-corrected chi connectivity index (χ2v) is 5.62. The lowest BCUT2D eigenvalue weighted by molar-refractivity contribution is 0.502. The van der Waals surface area contributed by atoms with Crippen LogP contribution in [-0.2, 0) is 5.41 Å². The van der Waals surface area contributed by atoms with Crippen LogP contribution in [0.5, 0.6) is 0 Å². The Morgan fingerprint density at radius 1 is 1.33 bits per heavy atom. The fourth-order valence-corrected chi connectivity index (χ4v) is 2.87. The number of pyridine rings is 1. The normalized spacial score (nSPS) is 27.8. The fraction of sp³-hybridized carbons (Fsp3) is 0.545. The molecule has 0 saturated heterocycles. The molecular formula is C11H14Cl2N2. The molecule has 1 atom stereocenters. The number of hydrogen-bond acceptors (Lipinski definition) is 2. The maximum absolute atomic E-state index is 5.90. The van der Waals surface area contributed by atoms with Crippen LogP contribution < -0.4 is 5.73 Å². The minimum absolute atomic E-state index is 0.0310. The average molecular weight is 245 g/mol. The second kappa shape index (κ2) is 3.34. The Balaban J connectivity index is 2.46. The van der Waals surface area contributed by atoms with Gasteiger partial charge in [0.15, 0.2) is 0 Å². The predicted octanol–water partition coefficient (Wildman–Crippen LogP) is 3.01. The molecule has 4 heteroatoms. The molecule has 1 aromatic rings. The Labute approximate surface area is 99.8 Å². The van der Waals surface area contributed by atoms with E-state index in [1.165, 1.54) is 0 Å². The summed E-state index contributed by atoms with van der Waals surface area (Å²) in [5.74, 6) is 0. The summed E-state index contributed by atoms with van der Waals surface area (Å²) in [6.07, 6.45) is 1.08. The highest BCUT2D eigenvalue weighted by molar-refractivity contribution is 6.32. The first kappa shape index (κ1) is 11.2. The molecule has 1 fully saturated rings. The molecule has 15 heavy (non-hydrogen) atoms. The molecule has 2 N–H and O–H groups in total. The van der Waals surface area contributed by atoms with Gasteiger partial charge in [0.1, 0.15) is 10.3 Å². The zero-order valence-electron chi connectivity index (χ0n) is 8.85. The van der Waals surface area contributed by atoms with Crippen LogP contribution in [0.4, 0.5) is 0 Å². The fourth-order valence-electron chi connectivity index (χ4n) is 2.41. The van der Waals surface area contributed by atoms with Crippen LogP contribution in [0.3, 0.4) is 0 Å². The number of rotatable bonds is 2. The SMILES string of the molecule is CC1(C)CC1(CN)c1cc(Cl)nc(Cl)c1. The van der Waals surface area contributed by atoms with Crippen molar-refractivity contribution in [1.82, 2.24) is 4.98 Å². The third kappa shape index (κ3) is 1.65. The predicted molar refractivity (Wildman–Crippen MR) is 63.4 cm³/mol. The van der Waals surface area contributed by atoms with E-state index in [-0.39, 0.29) is 10.8 Å². The van der Waals surface area contributed by atoms with Crippen LogP contribution in [0.1, 0.15) is 25.8 Å². The molecule has 0 bridgehead atoms. The quantitative estimate of drug-likeness (QED) is 0.813. The molecule has 1 aliphatic rings. The monoisotopic (exact) mass is 244 g/mol. The number of nitrogens with zero attached hydrogens (tertiary/aromatic N) is 1. The maximum atomic E-state index is 5.90. The van der Waals surface area contributed by atoms with Crippen LogP contribution in [0.15, 0.2) is 12.1 Å². The molecule has 1 aromatic heterocycles. The first-order valence-electron chi connectivity index (χ1n) is 4.95. The smallest absolute Gasteiger partial charge is 0.131 e. The molecule has 0 radical (unpaired) electrons. The zero-order chi connectivity index (χ0) is 11.3. The summed E-state index contributed by atoms with van der Waals surface area (Å²) in [5.41, 5.74) is 7.24. The van der Waals surface area contributed by atoms with Gasteiger partial charge in [-0.15, -0.1) is 0 Å². The van der Waals surface area contributed by atoms with E-state index in [0.29, 0.717) is 16.9 Å². The average Bonchev–Trinajstić information content (AvgIpc) is 2.68. The van der Waals surface area contributed by atoms with Gasteiger partial charge in [0.05, 0.1) is 0 Å². The summed E-state index contributed by atoms with van der Waals surface area (Å²) in [4.78, 5) is 3.95. The molecule has 0 aromatic carbocycles. The van der Waals surface area contributed by atoms with Crippen LogP contribution >= 0.6 is 23.2 Å². The Hall–Kier alpha value is -0.310. The lowest BCUT2D eigenvalue weighted by atomic mass is 9.89. The van der Waals surface area contributed by atoms with E-state index in [4.69, 9.17) is 28.9 Å². The van der Waals surface area contributed by atoms with Crippen molar-refractivity contribution in [2.75, 3.05) is 6.54 Å². The Kier molecular flexibility index (Phi) is 2.49. The minimum atomic E-state index is 0.0310. The summed E-state index contributed by atoms with van der Waals surface area (Å²) in [6.45, 7) is 5.04. The van der Waals surface area contributed by atoms with Crippen molar-refractivity contribution in [2.24, 2.45) is 11.1 Å². The van der Waals surface area contributed by atoms with Gasteiger partial charge in [0.25, 0.3) is 0 Å². The van der Waals surface area contributed by atoms with Crippen molar-refractivity contribution >= 4 is 23.2 Å². The summed E-state index contributed by atoms with van der Waals surface area (Å²) in [5, 5.41) is 0.876. The van der Waals surface area contributed by atoms with Crippen LogP contribution in [-0.4, -0.2) is 11.5 Å². The van der Waals surface area contributed by atoms with Crippen LogP contribution in [0.2, 0.25) is 10.3 Å². The van der Waals surface area contributed by atoms with Gasteiger partial charge in [-0.05, 0) is 29.5 Å². The van der Waals surface area contributed by atoms with Gasteiger partial charge in [0, 0.05) is 12.0 Å². The molecule has 1 heterocycles. The lowest BCUT2D eigenvalue weighted by Gasteiger charge is -2.19. The first-order chi connectivity index (χ1) is 6.91. The van der Waals surface area contributed by atoms with E-state index in [1.54, 1.807) is 0 Å². The van der Waals surface area contributed by atoms with E-state index < -0.39 is 0 Å². The van der Waals surface area contributed by atoms with Gasteiger partial charge in [0.2, 0.25) is 0 Å². The largest absolute Gasteiger partial charge is 0.330 e. The number of halogens is 2. The second-order valence-electron chi connectivity index (χ2n) is 4.85. The van der Waals surface area contributed by atoms with Gasteiger partial charge < -0.3 is 5.73 Å². The molecule has 0 spiro atoms. The van der Waals surface area contributed by atoms with Crippen molar-refractivity contribution in [2.45, 2.75) is 25.7 Å². The zero-order valence-corrected chi connectivity index (χ0v) is 10.4. The highest BCUT2D eigenvalue weighted by Crippen LogP contribution is 2.63. The third-order valence-electron chi connectivity index (χ3n) is 3.58. The summed E-state index contributed by atoms with van der Waals surface area (Å²) < 4.78 is 0. The standard InChI is InChI=1S/C11H14Cl2N2/c1-10(2)5-11(10,6-14)7-3-8(12)15-9(13)4-7/h3-4H,5-6,14H2,1-2H3. The highest BCUT2D eigenvalue weighted by atomic mass is 35.5. The molecule has 2 nitrogen and oxygen atoms in total.